The van der Waals surface area contributed by atoms with Gasteiger partial charge in [0, 0.05) is 26.8 Å². The van der Waals surface area contributed by atoms with Crippen LogP contribution in [-0.2, 0) is 9.05 Å². The molecule has 0 aromatic heterocycles. The molecule has 0 aliphatic rings. The third-order valence-corrected chi connectivity index (χ3v) is 4.97. The molecule has 1 aromatic carbocycles. The smallest absolute Gasteiger partial charge is 0.262 e. The fourth-order valence-corrected chi connectivity index (χ4v) is 4.02. The van der Waals surface area contributed by atoms with Gasteiger partial charge in [-0.1, -0.05) is 13.8 Å². The van der Waals surface area contributed by atoms with Crippen molar-refractivity contribution in [2.24, 2.45) is 5.92 Å². The summed E-state index contributed by atoms with van der Waals surface area (Å²) in [6.45, 7) is 6.05. The summed E-state index contributed by atoms with van der Waals surface area (Å²) in [6, 6.07) is 4.33. The lowest BCUT2D eigenvalue weighted by atomic mass is 10.0. The van der Waals surface area contributed by atoms with Crippen LogP contribution in [0.15, 0.2) is 27.6 Å². The van der Waals surface area contributed by atoms with Gasteiger partial charge in [0.1, 0.15) is 0 Å². The van der Waals surface area contributed by atoms with Crippen molar-refractivity contribution in [1.29, 1.82) is 0 Å². The van der Waals surface area contributed by atoms with Gasteiger partial charge in [-0.2, -0.15) is 0 Å². The second kappa shape index (κ2) is 6.91. The van der Waals surface area contributed by atoms with Crippen molar-refractivity contribution in [1.82, 2.24) is 5.32 Å². The standard InChI is InChI=1S/C13H17BrClNO3S/c1-8(2)6-9(3)16-13(17)10-4-5-11(14)12(7-10)20(15,18)19/h4-5,7-9H,6H2,1-3H3,(H,16,17). The summed E-state index contributed by atoms with van der Waals surface area (Å²) in [5.74, 6) is 0.154. The third-order valence-electron chi connectivity index (χ3n) is 2.66. The number of halogens is 2. The first kappa shape index (κ1) is 17.5. The van der Waals surface area contributed by atoms with Crippen LogP contribution < -0.4 is 5.32 Å². The Hall–Kier alpha value is -0.590. The zero-order chi connectivity index (χ0) is 15.5. The molecular weight excluding hydrogens is 366 g/mol. The van der Waals surface area contributed by atoms with Crippen molar-refractivity contribution in [2.75, 3.05) is 0 Å². The highest BCUT2D eigenvalue weighted by atomic mass is 79.9. The molecule has 1 rings (SSSR count). The Bertz CT molecular complexity index is 602. The van der Waals surface area contributed by atoms with Gasteiger partial charge in [-0.15, -0.1) is 0 Å². The summed E-state index contributed by atoms with van der Waals surface area (Å²) in [7, 11) is 1.43. The van der Waals surface area contributed by atoms with Gasteiger partial charge in [0.05, 0.1) is 4.90 Å². The molecule has 4 nitrogen and oxygen atoms in total. The molecule has 7 heteroatoms. The summed E-state index contributed by atoms with van der Waals surface area (Å²) < 4.78 is 23.1. The lowest BCUT2D eigenvalue weighted by Crippen LogP contribution is -2.33. The molecule has 1 N–H and O–H groups in total. The number of benzene rings is 1. The maximum atomic E-state index is 12.1. The van der Waals surface area contributed by atoms with Crippen LogP contribution in [-0.4, -0.2) is 20.4 Å². The largest absolute Gasteiger partial charge is 0.350 e. The zero-order valence-electron chi connectivity index (χ0n) is 11.5. The molecule has 0 aliphatic carbocycles. The number of hydrogen-bond acceptors (Lipinski definition) is 3. The van der Waals surface area contributed by atoms with Crippen LogP contribution in [0.3, 0.4) is 0 Å². The van der Waals surface area contributed by atoms with E-state index in [0.29, 0.717) is 10.4 Å². The lowest BCUT2D eigenvalue weighted by Gasteiger charge is -2.16. The van der Waals surface area contributed by atoms with E-state index in [1.165, 1.54) is 12.1 Å². The molecule has 0 spiro atoms. The number of carbonyl (C=O) groups is 1. The molecule has 0 heterocycles. The second-order valence-corrected chi connectivity index (χ2v) is 8.48. The zero-order valence-corrected chi connectivity index (χ0v) is 14.6. The van der Waals surface area contributed by atoms with Gasteiger partial charge in [-0.25, -0.2) is 8.42 Å². The van der Waals surface area contributed by atoms with Gasteiger partial charge < -0.3 is 5.32 Å². The van der Waals surface area contributed by atoms with E-state index in [1.807, 2.05) is 6.92 Å². The van der Waals surface area contributed by atoms with Crippen molar-refractivity contribution in [3.63, 3.8) is 0 Å². The predicted molar refractivity (Wildman–Crippen MR) is 83.6 cm³/mol. The van der Waals surface area contributed by atoms with Crippen molar-refractivity contribution < 1.29 is 13.2 Å². The van der Waals surface area contributed by atoms with E-state index in [0.717, 1.165) is 6.42 Å². The van der Waals surface area contributed by atoms with Crippen LogP contribution in [0.4, 0.5) is 0 Å². The lowest BCUT2D eigenvalue weighted by molar-refractivity contribution is 0.0936. The van der Waals surface area contributed by atoms with Gasteiger partial charge >= 0.3 is 0 Å². The average Bonchev–Trinajstić information content (AvgIpc) is 2.26. The van der Waals surface area contributed by atoms with Crippen molar-refractivity contribution in [3.8, 4) is 0 Å². The minimum absolute atomic E-state index is 0.0159. The topological polar surface area (TPSA) is 63.2 Å². The monoisotopic (exact) mass is 381 g/mol. The Morgan fingerprint density at radius 1 is 1.35 bits per heavy atom. The molecule has 0 bridgehead atoms. The molecule has 1 unspecified atom stereocenters. The van der Waals surface area contributed by atoms with Gasteiger partial charge in [-0.05, 0) is 53.4 Å². The van der Waals surface area contributed by atoms with Gasteiger partial charge in [0.15, 0.2) is 0 Å². The van der Waals surface area contributed by atoms with Crippen LogP contribution in [0.5, 0.6) is 0 Å². The quantitative estimate of drug-likeness (QED) is 0.792. The second-order valence-electron chi connectivity index (χ2n) is 5.09. The molecule has 112 valence electrons. The Kier molecular flexibility index (Phi) is 6.04. The molecule has 1 aromatic rings. The van der Waals surface area contributed by atoms with Crippen LogP contribution >= 0.6 is 26.6 Å². The first-order valence-corrected chi connectivity index (χ1v) is 9.26. The molecule has 0 saturated carbocycles. The molecule has 0 radical (unpaired) electrons. The normalized spacial score (nSPS) is 13.3. The summed E-state index contributed by atoms with van der Waals surface area (Å²) in [5.41, 5.74) is 0.267. The number of amides is 1. The van der Waals surface area contributed by atoms with E-state index >= 15 is 0 Å². The number of carbonyl (C=O) groups excluding carboxylic acids is 1. The van der Waals surface area contributed by atoms with E-state index < -0.39 is 9.05 Å². The highest BCUT2D eigenvalue weighted by Gasteiger charge is 2.18. The SMILES string of the molecule is CC(C)CC(C)NC(=O)c1ccc(Br)c(S(=O)(=O)Cl)c1. The molecule has 0 aliphatic heterocycles. The Labute approximate surface area is 132 Å². The van der Waals surface area contributed by atoms with Gasteiger partial charge in [-0.3, -0.25) is 4.79 Å². The van der Waals surface area contributed by atoms with Crippen LogP contribution in [0.1, 0.15) is 37.6 Å². The Balaban J connectivity index is 2.95. The predicted octanol–water partition coefficient (Wildman–Crippen LogP) is 3.54. The van der Waals surface area contributed by atoms with E-state index in [-0.39, 0.29) is 22.4 Å². The van der Waals surface area contributed by atoms with E-state index in [9.17, 15) is 13.2 Å². The summed E-state index contributed by atoms with van der Waals surface area (Å²) >= 11 is 3.10. The molecule has 0 saturated heterocycles. The van der Waals surface area contributed by atoms with Gasteiger partial charge in [0.2, 0.25) is 0 Å². The number of hydrogen-bond donors (Lipinski definition) is 1. The van der Waals surface area contributed by atoms with Crippen LogP contribution in [0.25, 0.3) is 0 Å². The summed E-state index contributed by atoms with van der Waals surface area (Å²) in [4.78, 5) is 12.0. The molecule has 0 fully saturated rings. The molecule has 20 heavy (non-hydrogen) atoms. The minimum atomic E-state index is -3.89. The van der Waals surface area contributed by atoms with Crippen LogP contribution in [0.2, 0.25) is 0 Å². The molecule has 1 atom stereocenters. The first-order valence-electron chi connectivity index (χ1n) is 6.16. The van der Waals surface area contributed by atoms with Crippen molar-refractivity contribution in [3.05, 3.63) is 28.2 Å². The summed E-state index contributed by atoms with van der Waals surface area (Å²) in [5, 5.41) is 2.83. The molecule has 1 amide bonds. The van der Waals surface area contributed by atoms with E-state index in [4.69, 9.17) is 10.7 Å². The fraction of sp³-hybridized carbons (Fsp3) is 0.462. The van der Waals surface area contributed by atoms with Crippen molar-refractivity contribution >= 4 is 41.6 Å². The maximum Gasteiger partial charge on any atom is 0.262 e. The first-order chi connectivity index (χ1) is 9.11. The maximum absolute atomic E-state index is 12.1. The number of rotatable bonds is 5. The number of nitrogens with one attached hydrogen (secondary N) is 1. The average molecular weight is 383 g/mol. The third kappa shape index (κ3) is 5.07. The van der Waals surface area contributed by atoms with E-state index in [2.05, 4.69) is 35.1 Å². The van der Waals surface area contributed by atoms with Gasteiger partial charge in [0.25, 0.3) is 15.0 Å². The highest BCUT2D eigenvalue weighted by molar-refractivity contribution is 9.10. The van der Waals surface area contributed by atoms with E-state index in [1.54, 1.807) is 6.07 Å². The highest BCUT2D eigenvalue weighted by Crippen LogP contribution is 2.26. The Morgan fingerprint density at radius 3 is 2.45 bits per heavy atom. The summed E-state index contributed by atoms with van der Waals surface area (Å²) in [6.07, 6.45) is 0.850. The Morgan fingerprint density at radius 2 is 1.95 bits per heavy atom. The minimum Gasteiger partial charge on any atom is -0.350 e. The van der Waals surface area contributed by atoms with Crippen LogP contribution in [0, 0.1) is 5.92 Å². The molecular formula is C13H17BrClNO3S. The van der Waals surface area contributed by atoms with Crippen molar-refractivity contribution in [2.45, 2.75) is 38.1 Å². The fourth-order valence-electron chi connectivity index (χ4n) is 1.90.